The maximum atomic E-state index is 14.3. The lowest BCUT2D eigenvalue weighted by molar-refractivity contribution is 0.0233. The van der Waals surface area contributed by atoms with Crippen LogP contribution in [0.25, 0.3) is 0 Å². The smallest absolute Gasteiger partial charge is 0.274 e. The Bertz CT molecular complexity index is 1650. The van der Waals surface area contributed by atoms with E-state index in [1.165, 1.54) is 0 Å². The highest BCUT2D eigenvalue weighted by molar-refractivity contribution is 6.08. The molecule has 0 fully saturated rings. The van der Waals surface area contributed by atoms with E-state index >= 15 is 0 Å². The van der Waals surface area contributed by atoms with Gasteiger partial charge in [0.25, 0.3) is 11.8 Å². The zero-order valence-corrected chi connectivity index (χ0v) is 25.0. The molecule has 0 bridgehead atoms. The van der Waals surface area contributed by atoms with Crippen molar-refractivity contribution in [1.82, 2.24) is 5.48 Å². The molecule has 44 heavy (non-hydrogen) atoms. The first kappa shape index (κ1) is 30.3. The summed E-state index contributed by atoms with van der Waals surface area (Å²) in [4.78, 5) is 34.1. The number of anilines is 1. The Hall–Kier alpha value is -5.20. The molecule has 6 nitrogen and oxygen atoms in total. The number of carbonyl (C=O) groups excluding carboxylic acids is 2. The summed E-state index contributed by atoms with van der Waals surface area (Å²) in [5.74, 6) is 0.268. The van der Waals surface area contributed by atoms with Crippen LogP contribution in [0.2, 0.25) is 0 Å². The van der Waals surface area contributed by atoms with Crippen LogP contribution < -0.4 is 15.1 Å². The van der Waals surface area contributed by atoms with Crippen LogP contribution in [0.3, 0.4) is 0 Å². The van der Waals surface area contributed by atoms with E-state index in [0.717, 1.165) is 27.9 Å². The number of rotatable bonds is 12. The molecule has 5 aromatic carbocycles. The molecule has 5 rings (SSSR count). The number of carbonyl (C=O) groups is 2. The number of hydrogen-bond acceptors (Lipinski definition) is 4. The van der Waals surface area contributed by atoms with E-state index < -0.39 is 0 Å². The summed E-state index contributed by atoms with van der Waals surface area (Å²) in [5.41, 5.74) is 8.13. The van der Waals surface area contributed by atoms with Crippen molar-refractivity contribution in [3.63, 3.8) is 0 Å². The molecule has 0 saturated carbocycles. The van der Waals surface area contributed by atoms with Crippen molar-refractivity contribution in [1.29, 1.82) is 0 Å². The minimum atomic E-state index is -0.339. The van der Waals surface area contributed by atoms with E-state index in [1.807, 2.05) is 121 Å². The second-order valence-corrected chi connectivity index (χ2v) is 10.8. The van der Waals surface area contributed by atoms with Gasteiger partial charge in [0.15, 0.2) is 0 Å². The minimum absolute atomic E-state index is 0.169. The van der Waals surface area contributed by atoms with Crippen LogP contribution in [0, 0.1) is 0 Å². The van der Waals surface area contributed by atoms with Crippen LogP contribution in [0.15, 0.2) is 133 Å². The molecule has 0 atom stereocenters. The van der Waals surface area contributed by atoms with Crippen molar-refractivity contribution in [3.05, 3.63) is 167 Å². The van der Waals surface area contributed by atoms with E-state index in [-0.39, 0.29) is 24.3 Å². The number of hydrogen-bond donors (Lipinski definition) is 1. The van der Waals surface area contributed by atoms with E-state index in [0.29, 0.717) is 30.0 Å². The molecule has 0 aromatic heterocycles. The maximum absolute atomic E-state index is 14.3. The molecule has 0 aliphatic carbocycles. The lowest BCUT2D eigenvalue weighted by atomic mass is 9.99. The highest BCUT2D eigenvalue weighted by Gasteiger charge is 2.23. The van der Waals surface area contributed by atoms with Crippen molar-refractivity contribution in [2.75, 3.05) is 4.90 Å². The second-order valence-electron chi connectivity index (χ2n) is 10.8. The first-order valence-corrected chi connectivity index (χ1v) is 14.7. The van der Waals surface area contributed by atoms with Crippen molar-refractivity contribution >= 4 is 17.5 Å². The average molecular weight is 585 g/mol. The summed E-state index contributed by atoms with van der Waals surface area (Å²) >= 11 is 0. The topological polar surface area (TPSA) is 67.9 Å². The Kier molecular flexibility index (Phi) is 10.2. The number of nitrogens with zero attached hydrogens (tertiary/aromatic N) is 1. The quantitative estimate of drug-likeness (QED) is 0.151. The fourth-order valence-electron chi connectivity index (χ4n) is 4.73. The standard InChI is InChI=1S/C38H36N2O4/c1-28(2)33-22-23-36(43-26-30-12-6-3-7-13-30)35(24-33)38(42)40(34-16-10-5-11-17-34)25-29-18-20-32(21-19-29)37(41)39-44-27-31-14-8-4-9-15-31/h3-24,28H,25-27H2,1-2H3,(H,39,41). The highest BCUT2D eigenvalue weighted by Crippen LogP contribution is 2.29. The van der Waals surface area contributed by atoms with Gasteiger partial charge in [0.2, 0.25) is 0 Å². The van der Waals surface area contributed by atoms with E-state index in [9.17, 15) is 9.59 Å². The van der Waals surface area contributed by atoms with Crippen molar-refractivity contribution in [2.45, 2.75) is 39.5 Å². The molecule has 0 aliphatic heterocycles. The summed E-state index contributed by atoms with van der Waals surface area (Å²) in [7, 11) is 0. The van der Waals surface area contributed by atoms with Crippen molar-refractivity contribution in [3.8, 4) is 5.75 Å². The molecule has 0 aliphatic rings. The predicted octanol–water partition coefficient (Wildman–Crippen LogP) is 8.10. The van der Waals surface area contributed by atoms with Crippen LogP contribution >= 0.6 is 0 Å². The Morgan fingerprint density at radius 3 is 1.89 bits per heavy atom. The number of amides is 2. The predicted molar refractivity (Wildman–Crippen MR) is 173 cm³/mol. The summed E-state index contributed by atoms with van der Waals surface area (Å²) in [6.07, 6.45) is 0. The number of nitrogens with one attached hydrogen (secondary N) is 1. The van der Waals surface area contributed by atoms with Gasteiger partial charge in [-0.15, -0.1) is 0 Å². The molecule has 2 amide bonds. The molecule has 0 unspecified atom stereocenters. The number of para-hydroxylation sites is 1. The van der Waals surface area contributed by atoms with Gasteiger partial charge in [-0.05, 0) is 64.6 Å². The molecule has 0 radical (unpaired) electrons. The lowest BCUT2D eigenvalue weighted by Crippen LogP contribution is -2.31. The maximum Gasteiger partial charge on any atom is 0.274 e. The third-order valence-electron chi connectivity index (χ3n) is 7.25. The SMILES string of the molecule is CC(C)c1ccc(OCc2ccccc2)c(C(=O)N(Cc2ccc(C(=O)NOCc3ccccc3)cc2)c2ccccc2)c1. The molecular formula is C38H36N2O4. The largest absolute Gasteiger partial charge is 0.488 e. The molecule has 5 aromatic rings. The first-order chi connectivity index (χ1) is 21.5. The fourth-order valence-corrected chi connectivity index (χ4v) is 4.73. The summed E-state index contributed by atoms with van der Waals surface area (Å²) < 4.78 is 6.21. The van der Waals surface area contributed by atoms with Gasteiger partial charge in [0.05, 0.1) is 18.7 Å². The van der Waals surface area contributed by atoms with E-state index in [4.69, 9.17) is 9.57 Å². The molecule has 0 spiro atoms. The van der Waals surface area contributed by atoms with Crippen LogP contribution in [0.1, 0.15) is 62.7 Å². The van der Waals surface area contributed by atoms with E-state index in [2.05, 4.69) is 19.3 Å². The summed E-state index contributed by atoms with van der Waals surface area (Å²) in [5, 5.41) is 0. The third-order valence-corrected chi connectivity index (χ3v) is 7.25. The molecule has 222 valence electrons. The Balaban J connectivity index is 1.35. The zero-order chi connectivity index (χ0) is 30.7. The Morgan fingerprint density at radius 1 is 0.682 bits per heavy atom. The van der Waals surface area contributed by atoms with Gasteiger partial charge in [-0.3, -0.25) is 14.4 Å². The van der Waals surface area contributed by atoms with Gasteiger partial charge in [-0.1, -0.05) is 111 Å². The van der Waals surface area contributed by atoms with Gasteiger partial charge in [0.1, 0.15) is 12.4 Å². The second kappa shape index (κ2) is 14.8. The Labute approximate surface area is 258 Å². The fraction of sp³-hybridized carbons (Fsp3) is 0.158. The highest BCUT2D eigenvalue weighted by atomic mass is 16.6. The molecule has 0 heterocycles. The number of benzene rings is 5. The minimum Gasteiger partial charge on any atom is -0.488 e. The van der Waals surface area contributed by atoms with Crippen LogP contribution in [0.4, 0.5) is 5.69 Å². The van der Waals surface area contributed by atoms with E-state index in [1.54, 1.807) is 17.0 Å². The van der Waals surface area contributed by atoms with Gasteiger partial charge in [-0.2, -0.15) is 0 Å². The molecular weight excluding hydrogens is 548 g/mol. The molecule has 0 saturated heterocycles. The zero-order valence-electron chi connectivity index (χ0n) is 25.0. The lowest BCUT2D eigenvalue weighted by Gasteiger charge is -2.25. The Morgan fingerprint density at radius 2 is 1.27 bits per heavy atom. The van der Waals surface area contributed by atoms with Crippen LogP contribution in [0.5, 0.6) is 5.75 Å². The van der Waals surface area contributed by atoms with Gasteiger partial charge in [-0.25, -0.2) is 5.48 Å². The first-order valence-electron chi connectivity index (χ1n) is 14.7. The van der Waals surface area contributed by atoms with Gasteiger partial charge >= 0.3 is 0 Å². The van der Waals surface area contributed by atoms with Crippen LogP contribution in [-0.4, -0.2) is 11.8 Å². The monoisotopic (exact) mass is 584 g/mol. The van der Waals surface area contributed by atoms with Gasteiger partial charge < -0.3 is 9.64 Å². The number of hydroxylamine groups is 1. The molecule has 1 N–H and O–H groups in total. The third kappa shape index (κ3) is 8.00. The number of ether oxygens (including phenoxy) is 1. The van der Waals surface area contributed by atoms with Gasteiger partial charge in [0, 0.05) is 11.3 Å². The van der Waals surface area contributed by atoms with Crippen molar-refractivity contribution < 1.29 is 19.2 Å². The van der Waals surface area contributed by atoms with Crippen LogP contribution in [-0.2, 0) is 24.6 Å². The summed E-state index contributed by atoms with van der Waals surface area (Å²) in [6.45, 7) is 5.14. The average Bonchev–Trinajstić information content (AvgIpc) is 3.07. The normalized spacial score (nSPS) is 10.8. The molecule has 6 heteroatoms. The summed E-state index contributed by atoms with van der Waals surface area (Å²) in [6, 6.07) is 42.1. The van der Waals surface area contributed by atoms with Crippen molar-refractivity contribution in [2.24, 2.45) is 0 Å².